The molecule has 1 saturated heterocycles. The van der Waals surface area contributed by atoms with Gasteiger partial charge in [-0.3, -0.25) is 4.79 Å². The minimum absolute atomic E-state index is 0.251. The molecule has 2 fully saturated rings. The Morgan fingerprint density at radius 1 is 1.00 bits per heavy atom. The summed E-state index contributed by atoms with van der Waals surface area (Å²) in [5, 5.41) is 3.12. The van der Waals surface area contributed by atoms with E-state index in [-0.39, 0.29) is 5.91 Å². The lowest BCUT2D eigenvalue weighted by atomic mass is 9.80. The number of carbonyl (C=O) groups is 1. The summed E-state index contributed by atoms with van der Waals surface area (Å²) in [6.45, 7) is 5.06. The van der Waals surface area contributed by atoms with E-state index in [4.69, 9.17) is 5.73 Å². The van der Waals surface area contributed by atoms with Crippen molar-refractivity contribution in [2.24, 2.45) is 17.6 Å². The Hall–Kier alpha value is -0.610. The highest BCUT2D eigenvalue weighted by atomic mass is 16.1. The predicted molar refractivity (Wildman–Crippen MR) is 87.0 cm³/mol. The van der Waals surface area contributed by atoms with Crippen molar-refractivity contribution in [1.29, 1.82) is 0 Å². The zero-order valence-corrected chi connectivity index (χ0v) is 13.5. The number of amides is 1. The van der Waals surface area contributed by atoms with Crippen LogP contribution < -0.4 is 11.1 Å². The molecular formula is C17H33N3O. The Bertz CT molecular complexity index is 292. The van der Waals surface area contributed by atoms with Crippen molar-refractivity contribution in [3.8, 4) is 0 Å². The highest BCUT2D eigenvalue weighted by molar-refractivity contribution is 5.76. The number of hydrogen-bond acceptors (Lipinski definition) is 3. The monoisotopic (exact) mass is 295 g/mol. The highest BCUT2D eigenvalue weighted by Crippen LogP contribution is 2.29. The van der Waals surface area contributed by atoms with Gasteiger partial charge in [-0.05, 0) is 70.0 Å². The van der Waals surface area contributed by atoms with Gasteiger partial charge in [0.15, 0.2) is 0 Å². The van der Waals surface area contributed by atoms with Crippen LogP contribution in [-0.4, -0.2) is 43.5 Å². The molecule has 0 aromatic carbocycles. The molecule has 122 valence electrons. The van der Waals surface area contributed by atoms with Crippen molar-refractivity contribution in [3.05, 3.63) is 0 Å². The summed E-state index contributed by atoms with van der Waals surface area (Å²) >= 11 is 0. The van der Waals surface area contributed by atoms with Crippen LogP contribution in [0.25, 0.3) is 0 Å². The Labute approximate surface area is 129 Å². The molecule has 0 bridgehead atoms. The first-order valence-electron chi connectivity index (χ1n) is 8.97. The van der Waals surface area contributed by atoms with Crippen molar-refractivity contribution >= 4 is 5.91 Å². The summed E-state index contributed by atoms with van der Waals surface area (Å²) in [6.07, 6.45) is 10.9. The lowest BCUT2D eigenvalue weighted by Crippen LogP contribution is -2.36. The van der Waals surface area contributed by atoms with Gasteiger partial charge in [-0.1, -0.05) is 12.8 Å². The summed E-state index contributed by atoms with van der Waals surface area (Å²) in [5.74, 6) is 1.54. The van der Waals surface area contributed by atoms with E-state index < -0.39 is 0 Å². The third kappa shape index (κ3) is 6.35. The molecular weight excluding hydrogens is 262 g/mol. The van der Waals surface area contributed by atoms with Gasteiger partial charge in [0.25, 0.3) is 0 Å². The summed E-state index contributed by atoms with van der Waals surface area (Å²) in [7, 11) is 0. The zero-order chi connectivity index (χ0) is 14.9. The Morgan fingerprint density at radius 2 is 1.62 bits per heavy atom. The number of hydrogen-bond donors (Lipinski definition) is 2. The molecule has 3 N–H and O–H groups in total. The van der Waals surface area contributed by atoms with Gasteiger partial charge in [0.2, 0.25) is 5.91 Å². The maximum atomic E-state index is 12.0. The van der Waals surface area contributed by atoms with Crippen LogP contribution in [-0.2, 0) is 4.79 Å². The van der Waals surface area contributed by atoms with E-state index >= 15 is 0 Å². The maximum Gasteiger partial charge on any atom is 0.220 e. The topological polar surface area (TPSA) is 58.4 Å². The molecule has 0 aromatic heterocycles. The van der Waals surface area contributed by atoms with E-state index in [1.54, 1.807) is 0 Å². The van der Waals surface area contributed by atoms with Gasteiger partial charge in [-0.25, -0.2) is 0 Å². The van der Waals surface area contributed by atoms with E-state index in [2.05, 4.69) is 10.2 Å². The molecule has 0 atom stereocenters. The molecule has 2 aliphatic rings. The fourth-order valence-electron chi connectivity index (χ4n) is 3.72. The molecule has 1 amide bonds. The molecule has 4 nitrogen and oxygen atoms in total. The number of nitrogens with two attached hydrogens (primary N) is 1. The van der Waals surface area contributed by atoms with E-state index in [0.717, 1.165) is 26.1 Å². The van der Waals surface area contributed by atoms with Crippen LogP contribution in [0.4, 0.5) is 0 Å². The third-order valence-corrected chi connectivity index (χ3v) is 5.22. The fourth-order valence-corrected chi connectivity index (χ4v) is 3.72. The number of likely N-dealkylation sites (tertiary alicyclic amines) is 1. The maximum absolute atomic E-state index is 12.0. The van der Waals surface area contributed by atoms with Gasteiger partial charge >= 0.3 is 0 Å². The van der Waals surface area contributed by atoms with E-state index in [9.17, 15) is 4.79 Å². The van der Waals surface area contributed by atoms with Gasteiger partial charge in [-0.15, -0.1) is 0 Å². The normalized spacial score (nSPS) is 28.0. The molecule has 1 aliphatic heterocycles. The quantitative estimate of drug-likeness (QED) is 0.789. The van der Waals surface area contributed by atoms with Crippen molar-refractivity contribution in [1.82, 2.24) is 10.2 Å². The predicted octanol–water partition coefficient (Wildman–Crippen LogP) is 2.13. The second-order valence-electron chi connectivity index (χ2n) is 6.93. The molecule has 1 aliphatic carbocycles. The summed E-state index contributed by atoms with van der Waals surface area (Å²) in [6, 6.07) is 0. The molecule has 4 heteroatoms. The van der Waals surface area contributed by atoms with Gasteiger partial charge in [0.05, 0.1) is 0 Å². The van der Waals surface area contributed by atoms with E-state index in [1.165, 1.54) is 64.5 Å². The second kappa shape index (κ2) is 9.42. The summed E-state index contributed by atoms with van der Waals surface area (Å²) in [5.41, 5.74) is 5.71. The highest BCUT2D eigenvalue weighted by Gasteiger charge is 2.22. The van der Waals surface area contributed by atoms with Crippen LogP contribution in [0.2, 0.25) is 0 Å². The molecule has 1 saturated carbocycles. The van der Waals surface area contributed by atoms with Gasteiger partial charge in [0, 0.05) is 19.5 Å². The van der Waals surface area contributed by atoms with Crippen LogP contribution in [0.3, 0.4) is 0 Å². The van der Waals surface area contributed by atoms with E-state index in [0.29, 0.717) is 11.8 Å². The van der Waals surface area contributed by atoms with Crippen LogP contribution in [0.5, 0.6) is 0 Å². The average Bonchev–Trinajstić information content (AvgIpc) is 2.77. The largest absolute Gasteiger partial charge is 0.355 e. The summed E-state index contributed by atoms with van der Waals surface area (Å²) in [4.78, 5) is 14.5. The molecule has 0 aromatic rings. The van der Waals surface area contributed by atoms with Crippen LogP contribution in [0.1, 0.15) is 57.8 Å². The standard InChI is InChI=1S/C17H33N3O/c18-14-16-7-5-15(6-8-16)13-17(21)19-9-12-20-10-3-1-2-4-11-20/h15-16H,1-14,18H2,(H,19,21). The van der Waals surface area contributed by atoms with E-state index in [1.807, 2.05) is 0 Å². The van der Waals surface area contributed by atoms with Crippen molar-refractivity contribution in [2.75, 3.05) is 32.7 Å². The lowest BCUT2D eigenvalue weighted by Gasteiger charge is -2.27. The van der Waals surface area contributed by atoms with Gasteiger partial charge in [-0.2, -0.15) is 0 Å². The van der Waals surface area contributed by atoms with Crippen LogP contribution in [0, 0.1) is 11.8 Å². The number of carbonyl (C=O) groups excluding carboxylic acids is 1. The molecule has 0 spiro atoms. The second-order valence-corrected chi connectivity index (χ2v) is 6.93. The first kappa shape index (κ1) is 16.8. The Balaban J connectivity index is 1.55. The SMILES string of the molecule is NCC1CCC(CC(=O)NCCN2CCCCCC2)CC1. The zero-order valence-electron chi connectivity index (χ0n) is 13.5. The first-order chi connectivity index (χ1) is 10.3. The Morgan fingerprint density at radius 3 is 2.24 bits per heavy atom. The molecule has 21 heavy (non-hydrogen) atoms. The smallest absolute Gasteiger partial charge is 0.220 e. The van der Waals surface area contributed by atoms with Crippen LogP contribution in [0.15, 0.2) is 0 Å². The van der Waals surface area contributed by atoms with Gasteiger partial charge < -0.3 is 16.0 Å². The Kier molecular flexibility index (Phi) is 7.51. The van der Waals surface area contributed by atoms with Crippen molar-refractivity contribution in [2.45, 2.75) is 57.8 Å². The van der Waals surface area contributed by atoms with Crippen molar-refractivity contribution in [3.63, 3.8) is 0 Å². The van der Waals surface area contributed by atoms with Gasteiger partial charge in [0.1, 0.15) is 0 Å². The number of rotatable bonds is 6. The fraction of sp³-hybridized carbons (Fsp3) is 0.941. The molecule has 1 heterocycles. The molecule has 0 unspecified atom stereocenters. The minimum atomic E-state index is 0.251. The lowest BCUT2D eigenvalue weighted by molar-refractivity contribution is -0.122. The van der Waals surface area contributed by atoms with Crippen LogP contribution >= 0.6 is 0 Å². The number of nitrogens with one attached hydrogen (secondary N) is 1. The van der Waals surface area contributed by atoms with Crippen molar-refractivity contribution < 1.29 is 4.79 Å². The third-order valence-electron chi connectivity index (χ3n) is 5.22. The summed E-state index contributed by atoms with van der Waals surface area (Å²) < 4.78 is 0. The molecule has 0 radical (unpaired) electrons. The minimum Gasteiger partial charge on any atom is -0.355 e. The first-order valence-corrected chi connectivity index (χ1v) is 8.97. The molecule has 2 rings (SSSR count). The average molecular weight is 295 g/mol. The number of nitrogens with zero attached hydrogens (tertiary/aromatic N) is 1.